The van der Waals surface area contributed by atoms with Crippen molar-refractivity contribution in [2.45, 2.75) is 33.7 Å². The van der Waals surface area contributed by atoms with Gasteiger partial charge in [0.25, 0.3) is 5.91 Å². The van der Waals surface area contributed by atoms with Crippen molar-refractivity contribution in [3.8, 4) is 0 Å². The maximum absolute atomic E-state index is 11.9. The molecule has 2 heterocycles. The lowest BCUT2D eigenvalue weighted by molar-refractivity contribution is -0.121. The van der Waals surface area contributed by atoms with Crippen LogP contribution in [0.15, 0.2) is 23.6 Å². The van der Waals surface area contributed by atoms with E-state index in [9.17, 15) is 9.59 Å². The molecule has 6 nitrogen and oxygen atoms in total. The summed E-state index contributed by atoms with van der Waals surface area (Å²) in [6, 6.07) is 5.64. The molecule has 0 fully saturated rings. The monoisotopic (exact) mass is 348 g/mol. The molecule has 0 saturated carbocycles. The fraction of sp³-hybridized carbons (Fsp3) is 0.471. The minimum absolute atomic E-state index is 0.0540. The molecular weight excluding hydrogens is 324 g/mol. The van der Waals surface area contributed by atoms with Gasteiger partial charge in [0.15, 0.2) is 0 Å². The Labute approximate surface area is 146 Å². The molecule has 1 atom stereocenters. The van der Waals surface area contributed by atoms with Gasteiger partial charge in [0, 0.05) is 31.7 Å². The molecule has 0 aliphatic rings. The quantitative estimate of drug-likeness (QED) is 0.767. The molecule has 1 unspecified atom stereocenters. The van der Waals surface area contributed by atoms with Crippen molar-refractivity contribution in [3.05, 3.63) is 39.8 Å². The van der Waals surface area contributed by atoms with Gasteiger partial charge < -0.3 is 10.6 Å². The van der Waals surface area contributed by atoms with Gasteiger partial charge in [-0.05, 0) is 37.3 Å². The second-order valence-electron chi connectivity index (χ2n) is 6.00. The van der Waals surface area contributed by atoms with Crippen LogP contribution in [0.5, 0.6) is 0 Å². The van der Waals surface area contributed by atoms with E-state index in [0.717, 1.165) is 17.9 Å². The molecule has 0 spiro atoms. The Morgan fingerprint density at radius 1 is 1.33 bits per heavy atom. The highest BCUT2D eigenvalue weighted by atomic mass is 32.1. The third-order valence-corrected chi connectivity index (χ3v) is 4.49. The van der Waals surface area contributed by atoms with Gasteiger partial charge in [0.2, 0.25) is 5.91 Å². The first-order valence-electron chi connectivity index (χ1n) is 8.05. The first-order valence-corrected chi connectivity index (χ1v) is 8.93. The van der Waals surface area contributed by atoms with Crippen LogP contribution in [0.25, 0.3) is 0 Å². The van der Waals surface area contributed by atoms with Crippen LogP contribution in [0.2, 0.25) is 0 Å². The first-order chi connectivity index (χ1) is 11.5. The molecule has 0 aliphatic carbocycles. The summed E-state index contributed by atoms with van der Waals surface area (Å²) in [5.74, 6) is 0.102. The normalized spacial score (nSPS) is 12.0. The summed E-state index contributed by atoms with van der Waals surface area (Å²) in [6.07, 6.45) is 0.281. The van der Waals surface area contributed by atoms with E-state index >= 15 is 0 Å². The number of thiophene rings is 1. The summed E-state index contributed by atoms with van der Waals surface area (Å²) in [7, 11) is 0. The number of nitrogens with zero attached hydrogens (tertiary/aromatic N) is 2. The van der Waals surface area contributed by atoms with Crippen LogP contribution in [-0.2, 0) is 11.3 Å². The zero-order valence-corrected chi connectivity index (χ0v) is 15.2. The van der Waals surface area contributed by atoms with Gasteiger partial charge in [-0.3, -0.25) is 14.3 Å². The summed E-state index contributed by atoms with van der Waals surface area (Å²) in [5, 5.41) is 11.9. The second kappa shape index (κ2) is 8.63. The van der Waals surface area contributed by atoms with Gasteiger partial charge in [0.1, 0.15) is 0 Å². The number of hydrogen-bond donors (Lipinski definition) is 2. The minimum Gasteiger partial charge on any atom is -0.356 e. The van der Waals surface area contributed by atoms with Gasteiger partial charge in [-0.25, -0.2) is 0 Å². The van der Waals surface area contributed by atoms with Crippen molar-refractivity contribution in [1.82, 2.24) is 20.4 Å². The Morgan fingerprint density at radius 3 is 2.75 bits per heavy atom. The number of rotatable bonds is 8. The fourth-order valence-corrected chi connectivity index (χ4v) is 3.02. The van der Waals surface area contributed by atoms with Gasteiger partial charge in [0.05, 0.1) is 10.6 Å². The molecule has 0 saturated heterocycles. The number of carbonyl (C=O) groups excluding carboxylic acids is 2. The number of hydrogen-bond acceptors (Lipinski definition) is 4. The smallest absolute Gasteiger partial charge is 0.261 e. The van der Waals surface area contributed by atoms with Crippen LogP contribution in [0.4, 0.5) is 0 Å². The van der Waals surface area contributed by atoms with E-state index < -0.39 is 0 Å². The van der Waals surface area contributed by atoms with E-state index in [1.807, 2.05) is 36.0 Å². The van der Waals surface area contributed by atoms with Gasteiger partial charge in [-0.1, -0.05) is 13.0 Å². The van der Waals surface area contributed by atoms with Crippen LogP contribution in [0.3, 0.4) is 0 Å². The standard InChI is InChI=1S/C17H24N4O2S/c1-12(11-21-14(3)9-13(2)20-21)10-19-16(22)6-7-18-17(23)15-5-4-8-24-15/h4-5,8-9,12H,6-7,10-11H2,1-3H3,(H,18,23)(H,19,22). The van der Waals surface area contributed by atoms with Crippen molar-refractivity contribution >= 4 is 23.2 Å². The SMILES string of the molecule is Cc1cc(C)n(CC(C)CNC(=O)CCNC(=O)c2cccs2)n1. The molecule has 24 heavy (non-hydrogen) atoms. The summed E-state index contributed by atoms with van der Waals surface area (Å²) < 4.78 is 1.97. The number of carbonyl (C=O) groups is 2. The lowest BCUT2D eigenvalue weighted by Crippen LogP contribution is -2.33. The summed E-state index contributed by atoms with van der Waals surface area (Å²) in [6.45, 7) is 7.79. The third-order valence-electron chi connectivity index (χ3n) is 3.62. The Morgan fingerprint density at radius 2 is 2.12 bits per heavy atom. The Kier molecular flexibility index (Phi) is 6.54. The van der Waals surface area contributed by atoms with E-state index in [2.05, 4.69) is 22.7 Å². The van der Waals surface area contributed by atoms with Gasteiger partial charge >= 0.3 is 0 Å². The highest BCUT2D eigenvalue weighted by molar-refractivity contribution is 7.12. The van der Waals surface area contributed by atoms with Crippen LogP contribution in [0, 0.1) is 19.8 Å². The fourth-order valence-electron chi connectivity index (χ4n) is 2.38. The number of nitrogens with one attached hydrogen (secondary N) is 2. The molecule has 130 valence electrons. The van der Waals surface area contributed by atoms with Crippen molar-refractivity contribution in [3.63, 3.8) is 0 Å². The van der Waals surface area contributed by atoms with E-state index in [1.165, 1.54) is 11.3 Å². The predicted octanol–water partition coefficient (Wildman–Crippen LogP) is 2.13. The minimum atomic E-state index is -0.129. The highest BCUT2D eigenvalue weighted by Gasteiger charge is 2.10. The van der Waals surface area contributed by atoms with E-state index in [4.69, 9.17) is 0 Å². The average molecular weight is 348 g/mol. The van der Waals surface area contributed by atoms with Gasteiger partial charge in [-0.15, -0.1) is 11.3 Å². The molecule has 0 aliphatic heterocycles. The maximum Gasteiger partial charge on any atom is 0.261 e. The largest absolute Gasteiger partial charge is 0.356 e. The molecule has 2 aromatic heterocycles. The zero-order valence-electron chi connectivity index (χ0n) is 14.3. The summed E-state index contributed by atoms with van der Waals surface area (Å²) >= 11 is 1.39. The molecule has 7 heteroatoms. The number of aryl methyl sites for hydroxylation is 2. The van der Waals surface area contributed by atoms with Gasteiger partial charge in [-0.2, -0.15) is 5.10 Å². The predicted molar refractivity (Wildman–Crippen MR) is 95.1 cm³/mol. The third kappa shape index (κ3) is 5.49. The summed E-state index contributed by atoms with van der Waals surface area (Å²) in [4.78, 5) is 24.3. The van der Waals surface area contributed by atoms with Crippen molar-refractivity contribution in [2.75, 3.05) is 13.1 Å². The molecule has 2 amide bonds. The van der Waals surface area contributed by atoms with Crippen LogP contribution >= 0.6 is 11.3 Å². The van der Waals surface area contributed by atoms with Crippen molar-refractivity contribution < 1.29 is 9.59 Å². The first kappa shape index (κ1) is 18.2. The Balaban J connectivity index is 1.64. The molecule has 0 aromatic carbocycles. The topological polar surface area (TPSA) is 76.0 Å². The van der Waals surface area contributed by atoms with E-state index in [0.29, 0.717) is 18.0 Å². The maximum atomic E-state index is 11.9. The molecule has 2 aromatic rings. The van der Waals surface area contributed by atoms with Crippen molar-refractivity contribution in [2.24, 2.45) is 5.92 Å². The Bertz CT molecular complexity index is 679. The molecule has 0 radical (unpaired) electrons. The van der Waals surface area contributed by atoms with Crippen molar-refractivity contribution in [1.29, 1.82) is 0 Å². The molecule has 2 N–H and O–H groups in total. The van der Waals surface area contributed by atoms with Crippen LogP contribution in [-0.4, -0.2) is 34.7 Å². The molecule has 0 bridgehead atoms. The second-order valence-corrected chi connectivity index (χ2v) is 6.95. The average Bonchev–Trinajstić information content (AvgIpc) is 3.15. The number of aromatic nitrogens is 2. The molecule has 2 rings (SSSR count). The highest BCUT2D eigenvalue weighted by Crippen LogP contribution is 2.08. The van der Waals surface area contributed by atoms with E-state index in [-0.39, 0.29) is 24.2 Å². The lowest BCUT2D eigenvalue weighted by atomic mass is 10.2. The molecular formula is C17H24N4O2S. The number of amides is 2. The zero-order chi connectivity index (χ0) is 17.5. The Hall–Kier alpha value is -2.15. The van der Waals surface area contributed by atoms with E-state index in [1.54, 1.807) is 6.07 Å². The lowest BCUT2D eigenvalue weighted by Gasteiger charge is -2.14. The van der Waals surface area contributed by atoms with Crippen LogP contribution < -0.4 is 10.6 Å². The van der Waals surface area contributed by atoms with Crippen LogP contribution in [0.1, 0.15) is 34.4 Å². The summed E-state index contributed by atoms with van der Waals surface area (Å²) in [5.41, 5.74) is 2.13.